The topological polar surface area (TPSA) is 38.8 Å². The molecule has 0 aliphatic carbocycles. The van der Waals surface area contributed by atoms with E-state index >= 15 is 0 Å². The Morgan fingerprint density at radius 1 is 1.25 bits per heavy atom. The van der Waals surface area contributed by atoms with Crippen LogP contribution in [0.4, 0.5) is 0 Å². The van der Waals surface area contributed by atoms with Crippen LogP contribution >= 0.6 is 11.6 Å². The van der Waals surface area contributed by atoms with Crippen LogP contribution in [0.25, 0.3) is 0 Å². The van der Waals surface area contributed by atoms with E-state index in [2.05, 4.69) is 12.1 Å². The van der Waals surface area contributed by atoms with Crippen molar-refractivity contribution in [2.75, 3.05) is 26.8 Å². The summed E-state index contributed by atoms with van der Waals surface area (Å²) in [7, 11) is 1.55. The first-order valence-electron chi connectivity index (χ1n) is 7.89. The van der Waals surface area contributed by atoms with Crippen molar-refractivity contribution in [2.45, 2.75) is 13.0 Å². The Balaban J connectivity index is 1.80. The number of ether oxygens (including phenoxy) is 2. The number of nitrogens with zero attached hydrogens (tertiary/aromatic N) is 1. The molecule has 1 heterocycles. The lowest BCUT2D eigenvalue weighted by molar-refractivity contribution is -0.0229. The number of morpholine rings is 1. The number of carbonyl (C=O) groups is 1. The summed E-state index contributed by atoms with van der Waals surface area (Å²) in [6.45, 7) is 3.62. The third kappa shape index (κ3) is 3.55. The average molecular weight is 346 g/mol. The third-order valence-corrected chi connectivity index (χ3v) is 4.43. The summed E-state index contributed by atoms with van der Waals surface area (Å²) in [5.41, 5.74) is 2.76. The van der Waals surface area contributed by atoms with Crippen LogP contribution in [0.3, 0.4) is 0 Å². The van der Waals surface area contributed by atoms with Crippen molar-refractivity contribution in [3.63, 3.8) is 0 Å². The van der Waals surface area contributed by atoms with Gasteiger partial charge in [-0.3, -0.25) is 4.79 Å². The Labute approximate surface area is 146 Å². The molecule has 1 amide bonds. The van der Waals surface area contributed by atoms with E-state index < -0.39 is 0 Å². The maximum atomic E-state index is 12.9. The van der Waals surface area contributed by atoms with E-state index in [4.69, 9.17) is 21.1 Å². The molecule has 0 spiro atoms. The highest BCUT2D eigenvalue weighted by molar-refractivity contribution is 6.31. The summed E-state index contributed by atoms with van der Waals surface area (Å²) in [5, 5.41) is 0.516. The van der Waals surface area contributed by atoms with Crippen molar-refractivity contribution in [3.8, 4) is 5.75 Å². The van der Waals surface area contributed by atoms with Crippen molar-refractivity contribution in [3.05, 3.63) is 64.2 Å². The molecule has 3 rings (SSSR count). The zero-order valence-corrected chi connectivity index (χ0v) is 14.5. The van der Waals surface area contributed by atoms with Gasteiger partial charge in [0.15, 0.2) is 0 Å². The van der Waals surface area contributed by atoms with Crippen molar-refractivity contribution in [1.82, 2.24) is 4.90 Å². The van der Waals surface area contributed by atoms with Crippen molar-refractivity contribution < 1.29 is 14.3 Å². The highest BCUT2D eigenvalue weighted by Crippen LogP contribution is 2.27. The van der Waals surface area contributed by atoms with Crippen molar-refractivity contribution in [2.24, 2.45) is 0 Å². The molecule has 2 aromatic carbocycles. The molecule has 0 N–H and O–H groups in total. The fraction of sp³-hybridized carbons (Fsp3) is 0.316. The number of aryl methyl sites for hydroxylation is 1. The Hall–Kier alpha value is -2.04. The van der Waals surface area contributed by atoms with E-state index in [0.717, 1.165) is 5.56 Å². The second kappa shape index (κ2) is 7.24. The minimum absolute atomic E-state index is 0.0882. The number of methoxy groups -OCH3 is 1. The van der Waals surface area contributed by atoms with Crippen LogP contribution in [0.1, 0.15) is 27.6 Å². The molecular weight excluding hydrogens is 326 g/mol. The lowest BCUT2D eigenvalue weighted by Gasteiger charge is -2.33. The average Bonchev–Trinajstić information content (AvgIpc) is 2.62. The quantitative estimate of drug-likeness (QED) is 0.847. The standard InChI is InChI=1S/C19H20ClNO3/c1-13-3-5-14(6-4-13)18-12-21(9-10-24-18)19(22)16-11-15(20)7-8-17(16)23-2/h3-8,11,18H,9-10,12H2,1-2H3. The van der Waals surface area contributed by atoms with Crippen LogP contribution in [0.2, 0.25) is 5.02 Å². The van der Waals surface area contributed by atoms with Gasteiger partial charge in [0.2, 0.25) is 0 Å². The van der Waals surface area contributed by atoms with Gasteiger partial charge in [0.25, 0.3) is 5.91 Å². The molecule has 126 valence electrons. The minimum Gasteiger partial charge on any atom is -0.496 e. The molecule has 1 saturated heterocycles. The van der Waals surface area contributed by atoms with Gasteiger partial charge in [-0.1, -0.05) is 41.4 Å². The molecule has 5 heteroatoms. The molecular formula is C19H20ClNO3. The van der Waals surface area contributed by atoms with E-state index in [-0.39, 0.29) is 12.0 Å². The molecule has 0 radical (unpaired) electrons. The molecule has 1 fully saturated rings. The van der Waals surface area contributed by atoms with Crippen LogP contribution in [-0.2, 0) is 4.74 Å². The molecule has 1 aliphatic rings. The highest BCUT2D eigenvalue weighted by Gasteiger charge is 2.27. The number of halogens is 1. The zero-order valence-electron chi connectivity index (χ0n) is 13.8. The normalized spacial score (nSPS) is 17.6. The number of hydrogen-bond acceptors (Lipinski definition) is 3. The van der Waals surface area contributed by atoms with Crippen LogP contribution < -0.4 is 4.74 Å². The van der Waals surface area contributed by atoms with Gasteiger partial charge < -0.3 is 14.4 Å². The van der Waals surface area contributed by atoms with E-state index in [1.54, 1.807) is 30.2 Å². The van der Waals surface area contributed by atoms with Gasteiger partial charge >= 0.3 is 0 Å². The summed E-state index contributed by atoms with van der Waals surface area (Å²) < 4.78 is 11.1. The SMILES string of the molecule is COc1ccc(Cl)cc1C(=O)N1CCOC(c2ccc(C)cc2)C1. The van der Waals surface area contributed by atoms with Gasteiger partial charge in [-0.25, -0.2) is 0 Å². The highest BCUT2D eigenvalue weighted by atomic mass is 35.5. The fourth-order valence-electron chi connectivity index (χ4n) is 2.83. The van der Waals surface area contributed by atoms with Gasteiger partial charge in [0.1, 0.15) is 11.9 Å². The largest absolute Gasteiger partial charge is 0.496 e. The summed E-state index contributed by atoms with van der Waals surface area (Å²) >= 11 is 6.05. The second-order valence-electron chi connectivity index (χ2n) is 5.87. The number of carbonyl (C=O) groups excluding carboxylic acids is 1. The van der Waals surface area contributed by atoms with E-state index in [9.17, 15) is 4.79 Å². The smallest absolute Gasteiger partial charge is 0.257 e. The number of hydrogen-bond donors (Lipinski definition) is 0. The molecule has 24 heavy (non-hydrogen) atoms. The van der Waals surface area contributed by atoms with Crippen molar-refractivity contribution >= 4 is 17.5 Å². The molecule has 4 nitrogen and oxygen atoms in total. The number of amides is 1. The first-order chi connectivity index (χ1) is 11.6. The first-order valence-corrected chi connectivity index (χ1v) is 8.27. The van der Waals surface area contributed by atoms with E-state index in [0.29, 0.717) is 36.0 Å². The van der Waals surface area contributed by atoms with E-state index in [1.807, 2.05) is 19.1 Å². The second-order valence-corrected chi connectivity index (χ2v) is 6.30. The predicted octanol–water partition coefficient (Wildman–Crippen LogP) is 3.87. The fourth-order valence-corrected chi connectivity index (χ4v) is 3.01. The minimum atomic E-state index is -0.117. The first kappa shape index (κ1) is 16.8. The lowest BCUT2D eigenvalue weighted by Crippen LogP contribution is -2.42. The molecule has 0 saturated carbocycles. The summed E-state index contributed by atoms with van der Waals surface area (Å²) in [6.07, 6.45) is -0.117. The van der Waals surface area contributed by atoms with Gasteiger partial charge in [-0.05, 0) is 30.7 Å². The lowest BCUT2D eigenvalue weighted by atomic mass is 10.1. The Morgan fingerprint density at radius 2 is 2.00 bits per heavy atom. The van der Waals surface area contributed by atoms with Gasteiger partial charge in [0, 0.05) is 11.6 Å². The Kier molecular flexibility index (Phi) is 5.07. The molecule has 0 aromatic heterocycles. The van der Waals surface area contributed by atoms with Crippen LogP contribution in [0.15, 0.2) is 42.5 Å². The Bertz CT molecular complexity index is 730. The third-order valence-electron chi connectivity index (χ3n) is 4.19. The summed E-state index contributed by atoms with van der Waals surface area (Å²) in [5.74, 6) is 0.442. The molecule has 1 aliphatic heterocycles. The zero-order chi connectivity index (χ0) is 17.1. The van der Waals surface area contributed by atoms with Gasteiger partial charge in [0.05, 0.1) is 25.8 Å². The molecule has 1 unspecified atom stereocenters. The number of benzene rings is 2. The summed E-state index contributed by atoms with van der Waals surface area (Å²) in [4.78, 5) is 14.7. The van der Waals surface area contributed by atoms with E-state index in [1.165, 1.54) is 5.56 Å². The number of rotatable bonds is 3. The van der Waals surface area contributed by atoms with Crippen LogP contribution in [0, 0.1) is 6.92 Å². The molecule has 1 atom stereocenters. The predicted molar refractivity (Wildman–Crippen MR) is 93.8 cm³/mol. The Morgan fingerprint density at radius 3 is 2.71 bits per heavy atom. The van der Waals surface area contributed by atoms with Crippen molar-refractivity contribution in [1.29, 1.82) is 0 Å². The van der Waals surface area contributed by atoms with Gasteiger partial charge in [-0.15, -0.1) is 0 Å². The summed E-state index contributed by atoms with van der Waals surface area (Å²) in [6, 6.07) is 13.3. The van der Waals surface area contributed by atoms with Crippen LogP contribution in [0.5, 0.6) is 5.75 Å². The molecule has 2 aromatic rings. The monoisotopic (exact) mass is 345 g/mol. The molecule has 0 bridgehead atoms. The van der Waals surface area contributed by atoms with Crippen LogP contribution in [-0.4, -0.2) is 37.6 Å². The maximum absolute atomic E-state index is 12.9. The maximum Gasteiger partial charge on any atom is 0.257 e. The van der Waals surface area contributed by atoms with Gasteiger partial charge in [-0.2, -0.15) is 0 Å².